The van der Waals surface area contributed by atoms with Crippen LogP contribution < -0.4 is 5.32 Å². The normalized spacial score (nSPS) is 27.6. The van der Waals surface area contributed by atoms with Gasteiger partial charge in [0.15, 0.2) is 0 Å². The molecule has 5 amide bonds. The lowest BCUT2D eigenvalue weighted by molar-refractivity contribution is -0.141. The molecule has 1 aliphatic carbocycles. The molecule has 0 radical (unpaired) electrons. The molecule has 1 aromatic rings. The van der Waals surface area contributed by atoms with Gasteiger partial charge in [-0.3, -0.25) is 19.3 Å². The highest BCUT2D eigenvalue weighted by molar-refractivity contribution is 6.09. The monoisotopic (exact) mass is 440 g/mol. The lowest BCUT2D eigenvalue weighted by atomic mass is 9.64. The SMILES string of the molecule is C[C@H]1CC(C)(C)C[C@@]2(C1)NC(=O)N(CC(=O)N1CCN(C(=O)c3ccccc3)CC1)C2=O. The van der Waals surface area contributed by atoms with Crippen molar-refractivity contribution in [1.82, 2.24) is 20.0 Å². The molecule has 0 aromatic heterocycles. The number of carbonyl (C=O) groups is 4. The largest absolute Gasteiger partial charge is 0.338 e. The van der Waals surface area contributed by atoms with Crippen LogP contribution in [0.25, 0.3) is 0 Å². The average molecular weight is 441 g/mol. The highest BCUT2D eigenvalue weighted by atomic mass is 16.2. The van der Waals surface area contributed by atoms with Gasteiger partial charge in [-0.1, -0.05) is 39.0 Å². The number of hydrogen-bond acceptors (Lipinski definition) is 4. The highest BCUT2D eigenvalue weighted by Crippen LogP contribution is 2.46. The predicted molar refractivity (Wildman–Crippen MR) is 119 cm³/mol. The zero-order chi connectivity index (χ0) is 23.1. The highest BCUT2D eigenvalue weighted by Gasteiger charge is 2.56. The van der Waals surface area contributed by atoms with Crippen molar-refractivity contribution >= 4 is 23.8 Å². The van der Waals surface area contributed by atoms with Gasteiger partial charge < -0.3 is 15.1 Å². The maximum atomic E-state index is 13.3. The first-order chi connectivity index (χ1) is 15.1. The van der Waals surface area contributed by atoms with E-state index in [9.17, 15) is 19.2 Å². The Bertz CT molecular complexity index is 923. The lowest BCUT2D eigenvalue weighted by Gasteiger charge is -2.43. The molecule has 32 heavy (non-hydrogen) atoms. The van der Waals surface area contributed by atoms with E-state index in [1.54, 1.807) is 21.9 Å². The van der Waals surface area contributed by atoms with Gasteiger partial charge in [-0.25, -0.2) is 4.79 Å². The standard InChI is InChI=1S/C24H32N4O4/c1-17-13-23(2,3)16-24(14-17)21(31)28(22(32)25-24)15-19(29)26-9-11-27(12-10-26)20(30)18-7-5-4-6-8-18/h4-8,17H,9-16H2,1-3H3,(H,25,32)/t17-,24+/m0/s1. The summed E-state index contributed by atoms with van der Waals surface area (Å²) in [5.41, 5.74) is -0.330. The molecule has 1 N–H and O–H groups in total. The van der Waals surface area contributed by atoms with Gasteiger partial charge in [-0.15, -0.1) is 0 Å². The van der Waals surface area contributed by atoms with Crippen LogP contribution in [0.5, 0.6) is 0 Å². The number of benzene rings is 1. The molecule has 3 fully saturated rings. The van der Waals surface area contributed by atoms with Crippen molar-refractivity contribution in [3.05, 3.63) is 35.9 Å². The van der Waals surface area contributed by atoms with Crippen molar-refractivity contribution in [2.24, 2.45) is 11.3 Å². The second kappa shape index (κ2) is 8.22. The zero-order valence-electron chi connectivity index (χ0n) is 19.1. The first-order valence-electron chi connectivity index (χ1n) is 11.4. The Kier molecular flexibility index (Phi) is 5.73. The molecule has 1 saturated carbocycles. The number of imide groups is 1. The van der Waals surface area contributed by atoms with Crippen molar-refractivity contribution in [2.45, 2.75) is 45.6 Å². The van der Waals surface area contributed by atoms with Crippen molar-refractivity contribution in [3.8, 4) is 0 Å². The summed E-state index contributed by atoms with van der Waals surface area (Å²) >= 11 is 0. The fraction of sp³-hybridized carbons (Fsp3) is 0.583. The first kappa shape index (κ1) is 22.3. The molecular formula is C24H32N4O4. The summed E-state index contributed by atoms with van der Waals surface area (Å²) in [6.07, 6.45) is 2.19. The summed E-state index contributed by atoms with van der Waals surface area (Å²) in [6, 6.07) is 8.59. The van der Waals surface area contributed by atoms with Gasteiger partial charge in [0, 0.05) is 31.7 Å². The molecule has 1 aromatic carbocycles. The van der Waals surface area contributed by atoms with Gasteiger partial charge in [-0.2, -0.15) is 0 Å². The number of amides is 5. The van der Waals surface area contributed by atoms with E-state index in [-0.39, 0.29) is 29.7 Å². The third-order valence-electron chi connectivity index (χ3n) is 6.86. The summed E-state index contributed by atoms with van der Waals surface area (Å²) in [7, 11) is 0. The van der Waals surface area contributed by atoms with E-state index in [1.165, 1.54) is 0 Å². The third kappa shape index (κ3) is 4.23. The second-order valence-electron chi connectivity index (χ2n) is 10.3. The number of nitrogens with zero attached hydrogens (tertiary/aromatic N) is 3. The minimum atomic E-state index is -0.903. The molecule has 2 heterocycles. The van der Waals surface area contributed by atoms with Crippen LogP contribution in [-0.4, -0.2) is 76.7 Å². The molecule has 172 valence electrons. The minimum absolute atomic E-state index is 0.0530. The Balaban J connectivity index is 1.36. The summed E-state index contributed by atoms with van der Waals surface area (Å²) in [6.45, 7) is 7.71. The van der Waals surface area contributed by atoms with Gasteiger partial charge in [0.25, 0.3) is 11.8 Å². The number of nitrogens with one attached hydrogen (secondary N) is 1. The van der Waals surface area contributed by atoms with Crippen molar-refractivity contribution in [1.29, 1.82) is 0 Å². The Morgan fingerprint density at radius 3 is 2.25 bits per heavy atom. The Hall–Kier alpha value is -2.90. The maximum absolute atomic E-state index is 13.3. The topological polar surface area (TPSA) is 90.0 Å². The fourth-order valence-corrected chi connectivity index (χ4v) is 5.81. The van der Waals surface area contributed by atoms with Crippen molar-refractivity contribution < 1.29 is 19.2 Å². The number of piperazine rings is 1. The number of carbonyl (C=O) groups excluding carboxylic acids is 4. The van der Waals surface area contributed by atoms with Gasteiger partial charge >= 0.3 is 6.03 Å². The molecule has 3 aliphatic rings. The second-order valence-corrected chi connectivity index (χ2v) is 10.3. The number of hydrogen-bond donors (Lipinski definition) is 1. The van der Waals surface area contributed by atoms with E-state index < -0.39 is 11.6 Å². The molecular weight excluding hydrogens is 408 g/mol. The average Bonchev–Trinajstić information content (AvgIpc) is 2.95. The van der Waals surface area contributed by atoms with E-state index in [4.69, 9.17) is 0 Å². The summed E-state index contributed by atoms with van der Waals surface area (Å²) < 4.78 is 0. The Morgan fingerprint density at radius 1 is 1.00 bits per heavy atom. The van der Waals surface area contributed by atoms with Crippen molar-refractivity contribution in [3.63, 3.8) is 0 Å². The molecule has 4 rings (SSSR count). The summed E-state index contributed by atoms with van der Waals surface area (Å²) in [5, 5.41) is 2.92. The van der Waals surface area contributed by atoms with E-state index in [2.05, 4.69) is 26.1 Å². The lowest BCUT2D eigenvalue weighted by Crippen LogP contribution is -2.55. The Labute approximate surface area is 188 Å². The molecule has 8 nitrogen and oxygen atoms in total. The van der Waals surface area contributed by atoms with E-state index in [0.29, 0.717) is 50.5 Å². The Morgan fingerprint density at radius 2 is 1.62 bits per heavy atom. The molecule has 8 heteroatoms. The number of rotatable bonds is 3. The minimum Gasteiger partial charge on any atom is -0.338 e. The third-order valence-corrected chi connectivity index (χ3v) is 6.86. The quantitative estimate of drug-likeness (QED) is 0.729. The van der Waals surface area contributed by atoms with Crippen LogP contribution in [-0.2, 0) is 9.59 Å². The van der Waals surface area contributed by atoms with Crippen molar-refractivity contribution in [2.75, 3.05) is 32.7 Å². The van der Waals surface area contributed by atoms with E-state index in [1.807, 2.05) is 18.2 Å². The zero-order valence-corrected chi connectivity index (χ0v) is 19.1. The molecule has 0 unspecified atom stereocenters. The number of urea groups is 1. The summed E-state index contributed by atoms with van der Waals surface area (Å²) in [5.74, 6) is -0.287. The van der Waals surface area contributed by atoms with Crippen LogP contribution in [0, 0.1) is 11.3 Å². The fourth-order valence-electron chi connectivity index (χ4n) is 5.81. The van der Waals surface area contributed by atoms with Crippen LogP contribution in [0.2, 0.25) is 0 Å². The van der Waals surface area contributed by atoms with E-state index in [0.717, 1.165) is 11.3 Å². The summed E-state index contributed by atoms with van der Waals surface area (Å²) in [4.78, 5) is 55.9. The first-order valence-corrected chi connectivity index (χ1v) is 11.4. The van der Waals surface area contributed by atoms with Gasteiger partial charge in [0.2, 0.25) is 5.91 Å². The smallest absolute Gasteiger partial charge is 0.325 e. The van der Waals surface area contributed by atoms with Crippen LogP contribution in [0.1, 0.15) is 50.4 Å². The van der Waals surface area contributed by atoms with Gasteiger partial charge in [-0.05, 0) is 42.7 Å². The molecule has 1 spiro atoms. The van der Waals surface area contributed by atoms with Gasteiger partial charge in [0.05, 0.1) is 0 Å². The molecule has 2 aliphatic heterocycles. The molecule has 2 saturated heterocycles. The predicted octanol–water partition coefficient (Wildman–Crippen LogP) is 2.11. The molecule has 0 bridgehead atoms. The van der Waals surface area contributed by atoms with Crippen LogP contribution in [0.3, 0.4) is 0 Å². The maximum Gasteiger partial charge on any atom is 0.325 e. The van der Waals surface area contributed by atoms with Crippen LogP contribution >= 0.6 is 0 Å². The van der Waals surface area contributed by atoms with Crippen LogP contribution in [0.15, 0.2) is 30.3 Å². The van der Waals surface area contributed by atoms with Gasteiger partial charge in [0.1, 0.15) is 12.1 Å². The van der Waals surface area contributed by atoms with E-state index >= 15 is 0 Å². The van der Waals surface area contributed by atoms with Crippen LogP contribution in [0.4, 0.5) is 4.79 Å². The molecule has 2 atom stereocenters.